The first-order chi connectivity index (χ1) is 10.2. The van der Waals surface area contributed by atoms with E-state index in [1.165, 1.54) is 11.0 Å². The average Bonchev–Trinajstić information content (AvgIpc) is 2.89. The van der Waals surface area contributed by atoms with Crippen LogP contribution in [0.4, 0.5) is 20.6 Å². The molecule has 0 unspecified atom stereocenters. The highest BCUT2D eigenvalue weighted by Gasteiger charge is 2.32. The molecule has 7 heteroatoms. The van der Waals surface area contributed by atoms with Crippen LogP contribution in [0, 0.1) is 5.82 Å². The summed E-state index contributed by atoms with van der Waals surface area (Å²) in [6.07, 6.45) is -0.833. The topological polar surface area (TPSA) is 42.0 Å². The Morgan fingerprint density at radius 3 is 2.71 bits per heavy atom. The lowest BCUT2D eigenvalue weighted by atomic mass is 10.2. The van der Waals surface area contributed by atoms with Gasteiger partial charge in [-0.05, 0) is 18.2 Å². The number of morpholine rings is 1. The Morgan fingerprint density at radius 1 is 1.33 bits per heavy atom. The second-order valence-corrected chi connectivity index (χ2v) is 5.31. The molecule has 2 fully saturated rings. The van der Waals surface area contributed by atoms with E-state index in [1.807, 2.05) is 4.90 Å². The molecule has 2 heterocycles. The van der Waals surface area contributed by atoms with Crippen LogP contribution in [0.3, 0.4) is 0 Å². The zero-order valence-corrected chi connectivity index (χ0v) is 12.2. The van der Waals surface area contributed by atoms with Crippen LogP contribution < -0.4 is 9.80 Å². The molecule has 0 bridgehead atoms. The van der Waals surface area contributed by atoms with Crippen LogP contribution in [0.2, 0.25) is 0 Å². The molecule has 2 aliphatic rings. The number of ether oxygens (including phenoxy) is 2. The molecule has 5 nitrogen and oxygen atoms in total. The van der Waals surface area contributed by atoms with Crippen molar-refractivity contribution in [3.8, 4) is 0 Å². The Hall–Kier alpha value is -1.53. The van der Waals surface area contributed by atoms with Crippen LogP contribution in [0.5, 0.6) is 0 Å². The smallest absolute Gasteiger partial charge is 0.414 e. The fraction of sp³-hybridized carbons (Fsp3) is 0.500. The van der Waals surface area contributed by atoms with Crippen molar-refractivity contribution in [1.29, 1.82) is 0 Å². The lowest BCUT2D eigenvalue weighted by Gasteiger charge is -2.29. The van der Waals surface area contributed by atoms with Crippen molar-refractivity contribution >= 4 is 29.1 Å². The van der Waals surface area contributed by atoms with E-state index in [2.05, 4.69) is 0 Å². The van der Waals surface area contributed by atoms with Gasteiger partial charge in [-0.25, -0.2) is 9.18 Å². The Labute approximate surface area is 127 Å². The van der Waals surface area contributed by atoms with Crippen molar-refractivity contribution in [2.75, 3.05) is 48.5 Å². The molecule has 2 saturated heterocycles. The number of hydrogen-bond acceptors (Lipinski definition) is 4. The average molecular weight is 315 g/mol. The number of alkyl halides is 1. The maximum absolute atomic E-state index is 14.3. The van der Waals surface area contributed by atoms with Crippen LogP contribution >= 0.6 is 11.6 Å². The summed E-state index contributed by atoms with van der Waals surface area (Å²) in [5.41, 5.74) is 1.02. The van der Waals surface area contributed by atoms with Gasteiger partial charge in [0.2, 0.25) is 0 Å². The number of benzene rings is 1. The summed E-state index contributed by atoms with van der Waals surface area (Å²) in [6.45, 7) is 2.86. The van der Waals surface area contributed by atoms with Crippen LogP contribution in [-0.2, 0) is 9.47 Å². The highest BCUT2D eigenvalue weighted by atomic mass is 35.5. The summed E-state index contributed by atoms with van der Waals surface area (Å²) in [5.74, 6) is -0.118. The monoisotopic (exact) mass is 314 g/mol. The molecular weight excluding hydrogens is 299 g/mol. The van der Waals surface area contributed by atoms with E-state index in [0.717, 1.165) is 0 Å². The second-order valence-electron chi connectivity index (χ2n) is 5.01. The second kappa shape index (κ2) is 6.07. The minimum Gasteiger partial charge on any atom is -0.443 e. The lowest BCUT2D eigenvalue weighted by Crippen LogP contribution is -2.36. The van der Waals surface area contributed by atoms with Gasteiger partial charge in [-0.2, -0.15) is 0 Å². The van der Waals surface area contributed by atoms with Gasteiger partial charge in [0.15, 0.2) is 0 Å². The molecule has 114 valence electrons. The summed E-state index contributed by atoms with van der Waals surface area (Å²) < 4.78 is 24.6. The predicted molar refractivity (Wildman–Crippen MR) is 77.8 cm³/mol. The van der Waals surface area contributed by atoms with E-state index in [1.54, 1.807) is 12.1 Å². The van der Waals surface area contributed by atoms with Gasteiger partial charge >= 0.3 is 6.09 Å². The summed E-state index contributed by atoms with van der Waals surface area (Å²) in [5, 5.41) is 0. The van der Waals surface area contributed by atoms with Gasteiger partial charge in [-0.15, -0.1) is 11.6 Å². The molecule has 1 aromatic carbocycles. The first-order valence-electron chi connectivity index (χ1n) is 6.85. The van der Waals surface area contributed by atoms with Gasteiger partial charge in [-0.1, -0.05) is 0 Å². The predicted octanol–water partition coefficient (Wildman–Crippen LogP) is 2.23. The number of carbonyl (C=O) groups excluding carboxylic acids is 1. The quantitative estimate of drug-likeness (QED) is 0.802. The van der Waals surface area contributed by atoms with Gasteiger partial charge in [0, 0.05) is 13.1 Å². The molecule has 2 aliphatic heterocycles. The molecule has 3 rings (SSSR count). The normalized spacial score (nSPS) is 22.6. The summed E-state index contributed by atoms with van der Waals surface area (Å²) in [4.78, 5) is 15.1. The number of amides is 1. The van der Waals surface area contributed by atoms with Gasteiger partial charge < -0.3 is 14.4 Å². The number of nitrogens with zero attached hydrogens (tertiary/aromatic N) is 2. The molecule has 0 spiro atoms. The van der Waals surface area contributed by atoms with E-state index in [4.69, 9.17) is 21.1 Å². The third-order valence-electron chi connectivity index (χ3n) is 3.64. The Kier molecular flexibility index (Phi) is 4.17. The van der Waals surface area contributed by atoms with E-state index >= 15 is 0 Å². The van der Waals surface area contributed by atoms with Gasteiger partial charge in [0.05, 0.1) is 37.0 Å². The molecule has 1 atom stereocenters. The van der Waals surface area contributed by atoms with E-state index < -0.39 is 6.09 Å². The third-order valence-corrected chi connectivity index (χ3v) is 3.99. The molecule has 0 aliphatic carbocycles. The molecule has 21 heavy (non-hydrogen) atoms. The maximum Gasteiger partial charge on any atom is 0.414 e. The molecule has 0 aromatic heterocycles. The van der Waals surface area contributed by atoms with E-state index in [-0.39, 0.29) is 17.8 Å². The van der Waals surface area contributed by atoms with Gasteiger partial charge in [-0.3, -0.25) is 4.90 Å². The van der Waals surface area contributed by atoms with Crippen molar-refractivity contribution < 1.29 is 18.7 Å². The van der Waals surface area contributed by atoms with Crippen LogP contribution in [-0.4, -0.2) is 50.9 Å². The molecule has 1 amide bonds. The van der Waals surface area contributed by atoms with Crippen LogP contribution in [0.25, 0.3) is 0 Å². The number of cyclic esters (lactones) is 1. The number of rotatable bonds is 3. The summed E-state index contributed by atoms with van der Waals surface area (Å²) in [6, 6.07) is 4.78. The van der Waals surface area contributed by atoms with Crippen molar-refractivity contribution in [2.24, 2.45) is 0 Å². The summed E-state index contributed by atoms with van der Waals surface area (Å²) in [7, 11) is 0. The van der Waals surface area contributed by atoms with E-state index in [9.17, 15) is 9.18 Å². The third kappa shape index (κ3) is 2.91. The van der Waals surface area contributed by atoms with E-state index in [0.29, 0.717) is 44.2 Å². The minimum absolute atomic E-state index is 0.233. The van der Waals surface area contributed by atoms with Crippen LogP contribution in [0.15, 0.2) is 18.2 Å². The lowest BCUT2D eigenvalue weighted by molar-refractivity contribution is 0.122. The van der Waals surface area contributed by atoms with Crippen molar-refractivity contribution in [2.45, 2.75) is 6.10 Å². The van der Waals surface area contributed by atoms with Gasteiger partial charge in [0.1, 0.15) is 11.9 Å². The maximum atomic E-state index is 14.3. The van der Waals surface area contributed by atoms with Crippen LogP contribution in [0.1, 0.15) is 0 Å². The Morgan fingerprint density at radius 2 is 2.10 bits per heavy atom. The molecule has 0 N–H and O–H groups in total. The standard InChI is InChI=1S/C14H16ClFN2O3/c15-8-11-9-18(14(19)21-11)10-1-2-13(12(16)7-10)17-3-5-20-6-4-17/h1-2,7,11H,3-6,8-9H2/t11-/m0/s1. The molecular formula is C14H16ClFN2O3. The minimum atomic E-state index is -0.487. The zero-order valence-electron chi connectivity index (χ0n) is 11.4. The van der Waals surface area contributed by atoms with Crippen molar-refractivity contribution in [3.05, 3.63) is 24.0 Å². The Balaban J connectivity index is 1.79. The zero-order chi connectivity index (χ0) is 14.8. The molecule has 0 radical (unpaired) electrons. The largest absolute Gasteiger partial charge is 0.443 e. The highest BCUT2D eigenvalue weighted by Crippen LogP contribution is 2.28. The first-order valence-corrected chi connectivity index (χ1v) is 7.39. The molecule has 0 saturated carbocycles. The number of halogens is 2. The number of carbonyl (C=O) groups is 1. The highest BCUT2D eigenvalue weighted by molar-refractivity contribution is 6.18. The van der Waals surface area contributed by atoms with Gasteiger partial charge in [0.25, 0.3) is 0 Å². The Bertz CT molecular complexity index is 537. The SMILES string of the molecule is O=C1O[C@@H](CCl)CN1c1ccc(N2CCOCC2)c(F)c1. The van der Waals surface area contributed by atoms with Crippen molar-refractivity contribution in [3.63, 3.8) is 0 Å². The summed E-state index contributed by atoms with van der Waals surface area (Å²) >= 11 is 5.69. The fourth-order valence-electron chi connectivity index (χ4n) is 2.54. The number of hydrogen-bond donors (Lipinski definition) is 0. The number of anilines is 2. The first kappa shape index (κ1) is 14.4. The van der Waals surface area contributed by atoms with Crippen molar-refractivity contribution in [1.82, 2.24) is 0 Å². The molecule has 1 aromatic rings. The fourth-order valence-corrected chi connectivity index (χ4v) is 2.70.